The largest absolute Gasteiger partial charge is 0.309 e. The highest BCUT2D eigenvalue weighted by Gasteiger charge is 2.21. The third kappa shape index (κ3) is 2.72. The zero-order valence-corrected chi connectivity index (χ0v) is 18.1. The van der Waals surface area contributed by atoms with Crippen LogP contribution in [0.4, 0.5) is 0 Å². The molecule has 0 saturated carbocycles. The van der Waals surface area contributed by atoms with Crippen LogP contribution in [0.15, 0.2) is 108 Å². The highest BCUT2D eigenvalue weighted by molar-refractivity contribution is 7.80. The first kappa shape index (κ1) is 18.3. The zero-order chi connectivity index (χ0) is 20.9. The summed E-state index contributed by atoms with van der Waals surface area (Å²) in [5.74, 6) is 0. The van der Waals surface area contributed by atoms with Crippen molar-refractivity contribution in [1.29, 1.82) is 0 Å². The fraction of sp³-hybridized carbons (Fsp3) is 0.0345. The van der Waals surface area contributed by atoms with Crippen LogP contribution in [-0.2, 0) is 0 Å². The van der Waals surface area contributed by atoms with Crippen molar-refractivity contribution in [2.24, 2.45) is 0 Å². The third-order valence-corrected chi connectivity index (χ3v) is 6.62. The Balaban J connectivity index is 1.92. The summed E-state index contributed by atoms with van der Waals surface area (Å²) in [6, 6.07) is 36.7. The molecule has 31 heavy (non-hydrogen) atoms. The molecule has 0 aliphatic carbocycles. The minimum absolute atomic E-state index is 1.03. The number of fused-ring (bicyclic) bond motifs is 5. The van der Waals surface area contributed by atoms with E-state index in [0.717, 1.165) is 4.90 Å². The molecule has 2 heteroatoms. The highest BCUT2D eigenvalue weighted by Crippen LogP contribution is 2.46. The van der Waals surface area contributed by atoms with Crippen LogP contribution < -0.4 is 0 Å². The summed E-state index contributed by atoms with van der Waals surface area (Å²) >= 11 is 5.08. The van der Waals surface area contributed by atoms with Crippen LogP contribution in [0.2, 0.25) is 0 Å². The number of thiol groups is 1. The summed E-state index contributed by atoms with van der Waals surface area (Å²) in [4.78, 5) is 1.03. The topological polar surface area (TPSA) is 4.93 Å². The van der Waals surface area contributed by atoms with E-state index in [1.807, 2.05) is 0 Å². The summed E-state index contributed by atoms with van der Waals surface area (Å²) in [7, 11) is 0. The van der Waals surface area contributed by atoms with Crippen molar-refractivity contribution in [1.82, 2.24) is 4.57 Å². The lowest BCUT2D eigenvalue weighted by Crippen LogP contribution is -1.95. The molecule has 0 atom stereocenters. The smallest absolute Gasteiger partial charge is 0.0626 e. The van der Waals surface area contributed by atoms with Crippen LogP contribution >= 0.6 is 12.6 Å². The first-order chi connectivity index (χ1) is 15.2. The van der Waals surface area contributed by atoms with Gasteiger partial charge in [-0.25, -0.2) is 0 Å². The van der Waals surface area contributed by atoms with Crippen LogP contribution in [0.5, 0.6) is 0 Å². The van der Waals surface area contributed by atoms with Gasteiger partial charge >= 0.3 is 0 Å². The standard InChI is InChI=1S/C29H21NS/c1-19-15-17-21(18-16-19)30-25-14-8-7-13-24(25)27-26(20-9-3-2-4-10-20)29(31)23-12-6-5-11-22(23)28(27)30/h2-18,31H,1H3. The Morgan fingerprint density at radius 1 is 0.613 bits per heavy atom. The molecule has 0 amide bonds. The van der Waals surface area contributed by atoms with Gasteiger partial charge in [0.25, 0.3) is 0 Å². The molecule has 0 aliphatic heterocycles. The van der Waals surface area contributed by atoms with Crippen molar-refractivity contribution in [2.75, 3.05) is 0 Å². The molecule has 0 radical (unpaired) electrons. The molecule has 148 valence electrons. The summed E-state index contributed by atoms with van der Waals surface area (Å²) in [6.07, 6.45) is 0. The van der Waals surface area contributed by atoms with Gasteiger partial charge in [-0.3, -0.25) is 0 Å². The third-order valence-electron chi connectivity index (χ3n) is 6.15. The molecule has 0 N–H and O–H groups in total. The second kappa shape index (κ2) is 7.04. The van der Waals surface area contributed by atoms with Gasteiger partial charge in [-0.1, -0.05) is 90.5 Å². The predicted octanol–water partition coefficient (Wildman–Crippen LogP) is 8.20. The van der Waals surface area contributed by atoms with Crippen molar-refractivity contribution in [3.05, 3.63) is 109 Å². The molecule has 0 bridgehead atoms. The maximum atomic E-state index is 5.08. The van der Waals surface area contributed by atoms with E-state index in [-0.39, 0.29) is 0 Å². The van der Waals surface area contributed by atoms with E-state index >= 15 is 0 Å². The molecule has 0 spiro atoms. The average Bonchev–Trinajstić information content (AvgIpc) is 3.16. The normalized spacial score (nSPS) is 11.5. The molecule has 1 heterocycles. The molecule has 0 fully saturated rings. The monoisotopic (exact) mass is 415 g/mol. The Morgan fingerprint density at radius 2 is 1.23 bits per heavy atom. The zero-order valence-electron chi connectivity index (χ0n) is 17.2. The van der Waals surface area contributed by atoms with E-state index in [1.165, 1.54) is 55.0 Å². The number of aromatic nitrogens is 1. The van der Waals surface area contributed by atoms with Crippen molar-refractivity contribution in [3.8, 4) is 16.8 Å². The molecule has 0 saturated heterocycles. The van der Waals surface area contributed by atoms with E-state index in [0.29, 0.717) is 0 Å². The highest BCUT2D eigenvalue weighted by atomic mass is 32.1. The summed E-state index contributed by atoms with van der Waals surface area (Å²) in [5, 5.41) is 4.90. The Hall–Kier alpha value is -3.49. The van der Waals surface area contributed by atoms with Crippen molar-refractivity contribution >= 4 is 45.2 Å². The van der Waals surface area contributed by atoms with Crippen LogP contribution in [0, 0.1) is 6.92 Å². The molecule has 0 unspecified atom stereocenters. The Bertz CT molecular complexity index is 1580. The van der Waals surface area contributed by atoms with E-state index in [4.69, 9.17) is 12.6 Å². The fourth-order valence-corrected chi connectivity index (χ4v) is 5.18. The van der Waals surface area contributed by atoms with Gasteiger partial charge in [0, 0.05) is 32.3 Å². The molecule has 1 nitrogen and oxygen atoms in total. The molecule has 1 aromatic heterocycles. The molecule has 6 aromatic rings. The predicted molar refractivity (Wildman–Crippen MR) is 136 cm³/mol. The maximum absolute atomic E-state index is 5.08. The van der Waals surface area contributed by atoms with Crippen molar-refractivity contribution in [2.45, 2.75) is 11.8 Å². The summed E-state index contributed by atoms with van der Waals surface area (Å²) < 4.78 is 2.41. The molecule has 6 rings (SSSR count). The van der Waals surface area contributed by atoms with Gasteiger partial charge in [0.2, 0.25) is 0 Å². The molecular weight excluding hydrogens is 394 g/mol. The maximum Gasteiger partial charge on any atom is 0.0626 e. The van der Waals surface area contributed by atoms with Gasteiger partial charge in [0.15, 0.2) is 0 Å². The minimum Gasteiger partial charge on any atom is -0.309 e. The van der Waals surface area contributed by atoms with Crippen LogP contribution in [-0.4, -0.2) is 4.57 Å². The van der Waals surface area contributed by atoms with E-state index in [1.54, 1.807) is 0 Å². The second-order valence-corrected chi connectivity index (χ2v) is 8.49. The summed E-state index contributed by atoms with van der Waals surface area (Å²) in [6.45, 7) is 2.13. The Morgan fingerprint density at radius 3 is 1.97 bits per heavy atom. The number of aryl methyl sites for hydroxylation is 1. The quantitative estimate of drug-likeness (QED) is 0.272. The lowest BCUT2D eigenvalue weighted by atomic mass is 9.95. The lowest BCUT2D eigenvalue weighted by molar-refractivity contribution is 1.18. The average molecular weight is 416 g/mol. The lowest BCUT2D eigenvalue weighted by Gasteiger charge is -2.15. The molecule has 0 aliphatic rings. The van der Waals surface area contributed by atoms with Gasteiger partial charge in [-0.2, -0.15) is 0 Å². The Kier molecular flexibility index (Phi) is 4.15. The van der Waals surface area contributed by atoms with Crippen molar-refractivity contribution < 1.29 is 0 Å². The first-order valence-electron chi connectivity index (χ1n) is 10.5. The van der Waals surface area contributed by atoms with Crippen LogP contribution in [0.1, 0.15) is 5.56 Å². The van der Waals surface area contributed by atoms with E-state index in [9.17, 15) is 0 Å². The van der Waals surface area contributed by atoms with E-state index in [2.05, 4.69) is 115 Å². The second-order valence-electron chi connectivity index (χ2n) is 8.05. The van der Waals surface area contributed by atoms with Gasteiger partial charge in [-0.15, -0.1) is 12.6 Å². The molecular formula is C29H21NS. The van der Waals surface area contributed by atoms with Gasteiger partial charge in [0.1, 0.15) is 0 Å². The van der Waals surface area contributed by atoms with Crippen LogP contribution in [0.25, 0.3) is 49.4 Å². The van der Waals surface area contributed by atoms with Gasteiger partial charge in [0.05, 0.1) is 11.0 Å². The first-order valence-corrected chi connectivity index (χ1v) is 11.0. The number of nitrogens with zero attached hydrogens (tertiary/aromatic N) is 1. The summed E-state index contributed by atoms with van der Waals surface area (Å²) in [5.41, 5.74) is 7.26. The fourth-order valence-electron chi connectivity index (χ4n) is 4.75. The van der Waals surface area contributed by atoms with Crippen LogP contribution in [0.3, 0.4) is 0 Å². The number of benzene rings is 5. The number of rotatable bonds is 2. The minimum atomic E-state index is 1.03. The molecule has 5 aromatic carbocycles. The SMILES string of the molecule is Cc1ccc(-n2c3ccccc3c3c(-c4ccccc4)c(S)c4ccccc4c32)cc1. The van der Waals surface area contributed by atoms with Crippen molar-refractivity contribution in [3.63, 3.8) is 0 Å². The number of hydrogen-bond donors (Lipinski definition) is 1. The number of hydrogen-bond acceptors (Lipinski definition) is 1. The van der Waals surface area contributed by atoms with Gasteiger partial charge < -0.3 is 4.57 Å². The van der Waals surface area contributed by atoms with Gasteiger partial charge in [-0.05, 0) is 36.1 Å². The van der Waals surface area contributed by atoms with E-state index < -0.39 is 0 Å². The Labute approximate surface area is 187 Å². The number of para-hydroxylation sites is 1.